The van der Waals surface area contributed by atoms with Crippen LogP contribution in [0.1, 0.15) is 30.0 Å². The maximum atomic E-state index is 13.2. The van der Waals surface area contributed by atoms with Crippen molar-refractivity contribution < 1.29 is 14.3 Å². The van der Waals surface area contributed by atoms with Gasteiger partial charge < -0.3 is 15.0 Å². The first-order valence-corrected chi connectivity index (χ1v) is 10.5. The van der Waals surface area contributed by atoms with Crippen LogP contribution in [-0.2, 0) is 9.59 Å². The van der Waals surface area contributed by atoms with Crippen LogP contribution in [0.4, 0.5) is 10.8 Å². The van der Waals surface area contributed by atoms with Crippen LogP contribution >= 0.6 is 11.3 Å². The molecule has 2 atom stereocenters. The van der Waals surface area contributed by atoms with Crippen LogP contribution in [-0.4, -0.2) is 29.1 Å². The Morgan fingerprint density at radius 3 is 2.67 bits per heavy atom. The molecule has 3 aromatic rings. The number of benzene rings is 2. The van der Waals surface area contributed by atoms with Gasteiger partial charge in [-0.3, -0.25) is 9.59 Å². The number of carbonyl (C=O) groups is 2. The van der Waals surface area contributed by atoms with Crippen LogP contribution in [0.25, 0.3) is 0 Å². The summed E-state index contributed by atoms with van der Waals surface area (Å²) in [7, 11) is 1.59. The molecule has 1 aliphatic heterocycles. The molecular formula is C22H22N4O3S. The van der Waals surface area contributed by atoms with E-state index in [9.17, 15) is 9.59 Å². The maximum absolute atomic E-state index is 13.2. The zero-order valence-electron chi connectivity index (χ0n) is 16.7. The summed E-state index contributed by atoms with van der Waals surface area (Å²) in [5.74, 6) is -0.0331. The lowest BCUT2D eigenvalue weighted by molar-refractivity contribution is -0.125. The van der Waals surface area contributed by atoms with E-state index in [1.807, 2.05) is 55.5 Å². The highest BCUT2D eigenvalue weighted by Gasteiger charge is 2.42. The van der Waals surface area contributed by atoms with Gasteiger partial charge in [-0.05, 0) is 31.5 Å². The molecule has 2 heterocycles. The van der Waals surface area contributed by atoms with Gasteiger partial charge >= 0.3 is 0 Å². The second kappa shape index (κ2) is 8.62. The van der Waals surface area contributed by atoms with Crippen molar-refractivity contribution in [2.24, 2.45) is 5.92 Å². The lowest BCUT2D eigenvalue weighted by Crippen LogP contribution is -2.47. The van der Waals surface area contributed by atoms with Gasteiger partial charge in [0.15, 0.2) is 0 Å². The molecule has 1 aliphatic rings. The minimum atomic E-state index is -0.502. The number of hydrogen-bond donors (Lipinski definition) is 1. The Balaban J connectivity index is 1.79. The largest absolute Gasteiger partial charge is 0.496 e. The van der Waals surface area contributed by atoms with Crippen molar-refractivity contribution in [2.75, 3.05) is 17.3 Å². The van der Waals surface area contributed by atoms with Crippen LogP contribution in [0, 0.1) is 12.8 Å². The Morgan fingerprint density at radius 1 is 1.20 bits per heavy atom. The van der Waals surface area contributed by atoms with Crippen molar-refractivity contribution in [3.63, 3.8) is 0 Å². The number of amides is 2. The first-order valence-electron chi connectivity index (χ1n) is 9.67. The van der Waals surface area contributed by atoms with E-state index in [4.69, 9.17) is 4.74 Å². The van der Waals surface area contributed by atoms with Gasteiger partial charge in [-0.1, -0.05) is 47.2 Å². The summed E-state index contributed by atoms with van der Waals surface area (Å²) in [4.78, 5) is 28.0. The van der Waals surface area contributed by atoms with Gasteiger partial charge in [0.2, 0.25) is 16.9 Å². The smallest absolute Gasteiger partial charge is 0.231 e. The van der Waals surface area contributed by atoms with Gasteiger partial charge in [0, 0.05) is 17.7 Å². The number of nitrogens with one attached hydrogen (secondary N) is 1. The van der Waals surface area contributed by atoms with Crippen LogP contribution < -0.4 is 15.0 Å². The van der Waals surface area contributed by atoms with Crippen LogP contribution in [0.2, 0.25) is 0 Å². The lowest BCUT2D eigenvalue weighted by Gasteiger charge is -2.41. The summed E-state index contributed by atoms with van der Waals surface area (Å²) in [5.41, 5.74) is 4.22. The lowest BCUT2D eigenvalue weighted by atomic mass is 9.82. The Labute approximate surface area is 178 Å². The number of rotatable bonds is 5. The molecule has 7 nitrogen and oxygen atoms in total. The van der Waals surface area contributed by atoms with Crippen LogP contribution in [0.15, 0.2) is 54.0 Å². The summed E-state index contributed by atoms with van der Waals surface area (Å²) in [6.45, 7) is 2.00. The van der Waals surface area contributed by atoms with Gasteiger partial charge in [-0.2, -0.15) is 0 Å². The standard InChI is InChI=1S/C22H22N4O3S/c1-14-7-9-15(10-8-14)26-19(27)12-11-17(21(28)24-22-25-23-13-30-22)20(26)16-5-3-4-6-18(16)29-2/h3-10,13,17,20H,11-12H2,1-2H3,(H,24,25,28). The molecule has 1 N–H and O–H groups in total. The quantitative estimate of drug-likeness (QED) is 0.672. The summed E-state index contributed by atoms with van der Waals surface area (Å²) in [5, 5.41) is 11.0. The normalized spacial score (nSPS) is 18.9. The molecule has 0 aliphatic carbocycles. The second-order valence-electron chi connectivity index (χ2n) is 7.16. The zero-order valence-corrected chi connectivity index (χ0v) is 17.6. The van der Waals surface area contributed by atoms with Crippen LogP contribution in [0.3, 0.4) is 0 Å². The number of aromatic nitrogens is 2. The predicted octanol–water partition coefficient (Wildman–Crippen LogP) is 3.98. The number of carbonyl (C=O) groups excluding carboxylic acids is 2. The second-order valence-corrected chi connectivity index (χ2v) is 8.00. The number of hydrogen-bond acceptors (Lipinski definition) is 6. The predicted molar refractivity (Wildman–Crippen MR) is 116 cm³/mol. The molecule has 0 spiro atoms. The number of nitrogens with zero attached hydrogens (tertiary/aromatic N) is 3. The highest BCUT2D eigenvalue weighted by Crippen LogP contribution is 2.43. The molecule has 8 heteroatoms. The topological polar surface area (TPSA) is 84.4 Å². The van der Waals surface area contributed by atoms with Crippen molar-refractivity contribution >= 4 is 34.0 Å². The number of aryl methyl sites for hydroxylation is 1. The molecule has 1 saturated heterocycles. The summed E-state index contributed by atoms with van der Waals surface area (Å²) in [6.07, 6.45) is 0.724. The molecule has 0 saturated carbocycles. The summed E-state index contributed by atoms with van der Waals surface area (Å²) >= 11 is 1.26. The van der Waals surface area contributed by atoms with Crippen molar-refractivity contribution in [1.29, 1.82) is 0 Å². The van der Waals surface area contributed by atoms with Crippen molar-refractivity contribution in [3.05, 3.63) is 65.2 Å². The van der Waals surface area contributed by atoms with Gasteiger partial charge in [-0.25, -0.2) is 0 Å². The van der Waals surface area contributed by atoms with E-state index in [2.05, 4.69) is 15.5 Å². The fourth-order valence-corrected chi connectivity index (χ4v) is 4.32. The van der Waals surface area contributed by atoms with E-state index in [-0.39, 0.29) is 18.2 Å². The highest BCUT2D eigenvalue weighted by molar-refractivity contribution is 7.13. The van der Waals surface area contributed by atoms with E-state index >= 15 is 0 Å². The van der Waals surface area contributed by atoms with Gasteiger partial charge in [-0.15, -0.1) is 10.2 Å². The summed E-state index contributed by atoms with van der Waals surface area (Å²) < 4.78 is 5.58. The maximum Gasteiger partial charge on any atom is 0.231 e. The fraction of sp³-hybridized carbons (Fsp3) is 0.273. The van der Waals surface area contributed by atoms with Crippen molar-refractivity contribution in [3.8, 4) is 5.75 Å². The first kappa shape index (κ1) is 20.0. The number of para-hydroxylation sites is 1. The molecule has 2 amide bonds. The van der Waals surface area contributed by atoms with E-state index in [0.717, 1.165) is 16.8 Å². The monoisotopic (exact) mass is 422 g/mol. The molecule has 1 aromatic heterocycles. The van der Waals surface area contributed by atoms with E-state index < -0.39 is 12.0 Å². The molecule has 2 aromatic carbocycles. The van der Waals surface area contributed by atoms with E-state index in [0.29, 0.717) is 17.3 Å². The fourth-order valence-electron chi connectivity index (χ4n) is 3.87. The van der Waals surface area contributed by atoms with Crippen molar-refractivity contribution in [2.45, 2.75) is 25.8 Å². The Kier molecular flexibility index (Phi) is 5.76. The Hall–Kier alpha value is -3.26. The molecule has 1 fully saturated rings. The zero-order chi connectivity index (χ0) is 21.1. The first-order chi connectivity index (χ1) is 14.6. The highest BCUT2D eigenvalue weighted by atomic mass is 32.1. The molecule has 4 rings (SSSR count). The van der Waals surface area contributed by atoms with Gasteiger partial charge in [0.1, 0.15) is 11.3 Å². The Morgan fingerprint density at radius 2 is 1.97 bits per heavy atom. The third kappa shape index (κ3) is 3.91. The SMILES string of the molecule is COc1ccccc1C1C(C(=O)Nc2nncs2)CCC(=O)N1c1ccc(C)cc1. The third-order valence-corrected chi connectivity index (χ3v) is 5.90. The number of anilines is 2. The molecule has 0 radical (unpaired) electrons. The van der Waals surface area contributed by atoms with Crippen molar-refractivity contribution in [1.82, 2.24) is 10.2 Å². The minimum absolute atomic E-state index is 0.0188. The third-order valence-electron chi connectivity index (χ3n) is 5.29. The average Bonchev–Trinajstić information content (AvgIpc) is 3.27. The molecule has 30 heavy (non-hydrogen) atoms. The van der Waals surface area contributed by atoms with E-state index in [1.54, 1.807) is 17.5 Å². The van der Waals surface area contributed by atoms with E-state index in [1.165, 1.54) is 11.3 Å². The molecule has 154 valence electrons. The summed E-state index contributed by atoms with van der Waals surface area (Å²) in [6, 6.07) is 14.8. The van der Waals surface area contributed by atoms with Crippen LogP contribution in [0.5, 0.6) is 5.75 Å². The Bertz CT molecular complexity index is 1040. The van der Waals surface area contributed by atoms with Gasteiger partial charge in [0.25, 0.3) is 0 Å². The average molecular weight is 423 g/mol. The number of piperidine rings is 1. The molecule has 2 unspecified atom stereocenters. The molecule has 0 bridgehead atoms. The number of ether oxygens (including phenoxy) is 1. The van der Waals surface area contributed by atoms with Gasteiger partial charge in [0.05, 0.1) is 19.1 Å². The number of methoxy groups -OCH3 is 1. The minimum Gasteiger partial charge on any atom is -0.496 e. The molecular weight excluding hydrogens is 400 g/mol.